The fourth-order valence-corrected chi connectivity index (χ4v) is 3.66. The highest BCUT2D eigenvalue weighted by molar-refractivity contribution is 5.70. The number of allylic oxidation sites excluding steroid dienone is 1. The third-order valence-electron chi connectivity index (χ3n) is 5.11. The van der Waals surface area contributed by atoms with Gasteiger partial charge in [-0.3, -0.25) is 14.7 Å². The third kappa shape index (κ3) is 4.58. The van der Waals surface area contributed by atoms with Crippen molar-refractivity contribution in [1.82, 2.24) is 9.88 Å². The average molecular weight is 350 g/mol. The van der Waals surface area contributed by atoms with E-state index < -0.39 is 5.97 Å². The molecule has 0 radical (unpaired) electrons. The van der Waals surface area contributed by atoms with Gasteiger partial charge in [0.15, 0.2) is 0 Å². The molecule has 2 unspecified atom stereocenters. The Morgan fingerprint density at radius 3 is 2.92 bits per heavy atom. The third-order valence-corrected chi connectivity index (χ3v) is 5.11. The van der Waals surface area contributed by atoms with Crippen molar-refractivity contribution in [3.05, 3.63) is 77.6 Å². The van der Waals surface area contributed by atoms with Gasteiger partial charge in [-0.25, -0.2) is 0 Å². The lowest BCUT2D eigenvalue weighted by Crippen LogP contribution is -2.38. The minimum Gasteiger partial charge on any atom is -0.481 e. The van der Waals surface area contributed by atoms with Gasteiger partial charge in [0.2, 0.25) is 0 Å². The van der Waals surface area contributed by atoms with Crippen LogP contribution < -0.4 is 0 Å². The molecule has 26 heavy (non-hydrogen) atoms. The Hall–Kier alpha value is -2.46. The lowest BCUT2D eigenvalue weighted by atomic mass is 9.89. The van der Waals surface area contributed by atoms with Crippen molar-refractivity contribution in [1.29, 1.82) is 0 Å². The van der Waals surface area contributed by atoms with E-state index in [0.717, 1.165) is 25.9 Å². The van der Waals surface area contributed by atoms with E-state index >= 15 is 0 Å². The largest absolute Gasteiger partial charge is 0.481 e. The molecular weight excluding hydrogens is 324 g/mol. The maximum absolute atomic E-state index is 11.2. The number of pyridine rings is 1. The van der Waals surface area contributed by atoms with E-state index in [-0.39, 0.29) is 11.8 Å². The second kappa shape index (κ2) is 8.77. The molecule has 1 aromatic heterocycles. The number of aryl methyl sites for hydroxylation is 1. The maximum Gasteiger partial charge on any atom is 0.307 e. The molecule has 1 aliphatic heterocycles. The molecule has 0 spiro atoms. The van der Waals surface area contributed by atoms with E-state index in [1.54, 1.807) is 6.20 Å². The number of carbonyl (C=O) groups is 1. The molecule has 0 amide bonds. The molecule has 0 aliphatic carbocycles. The molecule has 4 heteroatoms. The number of hydrogen-bond donors (Lipinski definition) is 1. The van der Waals surface area contributed by atoms with E-state index in [1.807, 2.05) is 12.3 Å². The summed E-state index contributed by atoms with van der Waals surface area (Å²) < 4.78 is 0. The molecule has 1 aromatic carbocycles. The van der Waals surface area contributed by atoms with Gasteiger partial charge in [-0.2, -0.15) is 0 Å². The minimum atomic E-state index is -0.674. The molecule has 0 bridgehead atoms. The molecule has 2 heterocycles. The van der Waals surface area contributed by atoms with Crippen molar-refractivity contribution in [2.75, 3.05) is 19.6 Å². The zero-order valence-electron chi connectivity index (χ0n) is 15.2. The number of likely N-dealkylation sites (tertiary alicyclic amines) is 1. The number of rotatable bonds is 6. The molecule has 1 aliphatic rings. The Kier molecular flexibility index (Phi) is 6.18. The van der Waals surface area contributed by atoms with E-state index in [0.29, 0.717) is 6.54 Å². The van der Waals surface area contributed by atoms with Crippen molar-refractivity contribution >= 4 is 5.97 Å². The molecule has 2 atom stereocenters. The molecule has 3 rings (SSSR count). The molecule has 4 nitrogen and oxygen atoms in total. The van der Waals surface area contributed by atoms with Crippen LogP contribution in [0.2, 0.25) is 0 Å². The van der Waals surface area contributed by atoms with Crippen LogP contribution in [0.3, 0.4) is 0 Å². The number of benzene rings is 1. The van der Waals surface area contributed by atoms with Crippen molar-refractivity contribution in [3.63, 3.8) is 0 Å². The van der Waals surface area contributed by atoms with Crippen LogP contribution in [0, 0.1) is 12.8 Å². The minimum absolute atomic E-state index is 0.157. The summed E-state index contributed by atoms with van der Waals surface area (Å²) in [5.41, 5.74) is 3.70. The number of carboxylic acid groups (broad SMARTS) is 1. The van der Waals surface area contributed by atoms with Crippen molar-refractivity contribution in [3.8, 4) is 0 Å². The first-order valence-corrected chi connectivity index (χ1v) is 9.22. The molecule has 1 N–H and O–H groups in total. The second-order valence-electron chi connectivity index (χ2n) is 6.99. The normalized spacial score (nSPS) is 19.5. The predicted molar refractivity (Wildman–Crippen MR) is 103 cm³/mol. The standard InChI is InChI=1S/C22H26N2O2/c1-17-7-2-3-10-20(17)21(18-8-4-12-23-15-18)11-6-14-24-13-5-9-19(16-24)22(25)26/h2-4,6-8,10-12,15,19,21H,5,9,13-14,16H2,1H3,(H,25,26)/b11-6+. The van der Waals surface area contributed by atoms with E-state index in [9.17, 15) is 9.90 Å². The van der Waals surface area contributed by atoms with E-state index in [2.05, 4.69) is 59.3 Å². The van der Waals surface area contributed by atoms with Crippen LogP contribution in [-0.2, 0) is 4.79 Å². The van der Waals surface area contributed by atoms with Crippen LogP contribution in [-0.4, -0.2) is 40.6 Å². The summed E-state index contributed by atoms with van der Waals surface area (Å²) in [6.07, 6.45) is 9.86. The zero-order chi connectivity index (χ0) is 18.4. The Balaban J connectivity index is 1.75. The van der Waals surface area contributed by atoms with Crippen molar-refractivity contribution in [2.24, 2.45) is 5.92 Å². The first-order chi connectivity index (χ1) is 12.6. The highest BCUT2D eigenvalue weighted by Gasteiger charge is 2.24. The van der Waals surface area contributed by atoms with Crippen LogP contribution in [0.25, 0.3) is 0 Å². The van der Waals surface area contributed by atoms with E-state index in [1.165, 1.54) is 16.7 Å². The van der Waals surface area contributed by atoms with Gasteiger partial charge in [0.05, 0.1) is 5.92 Å². The van der Waals surface area contributed by atoms with Crippen LogP contribution in [0.1, 0.15) is 35.4 Å². The highest BCUT2D eigenvalue weighted by Crippen LogP contribution is 2.28. The Bertz CT molecular complexity index is 758. The van der Waals surface area contributed by atoms with Gasteiger partial charge >= 0.3 is 5.97 Å². The van der Waals surface area contributed by atoms with Crippen LogP contribution in [0.4, 0.5) is 0 Å². The van der Waals surface area contributed by atoms with E-state index in [4.69, 9.17) is 0 Å². The van der Waals surface area contributed by atoms with Gasteiger partial charge in [-0.05, 0) is 49.1 Å². The summed E-state index contributed by atoms with van der Waals surface area (Å²) in [5, 5.41) is 9.25. The molecule has 2 aromatic rings. The van der Waals surface area contributed by atoms with Crippen LogP contribution in [0.15, 0.2) is 60.9 Å². The molecule has 136 valence electrons. The summed E-state index contributed by atoms with van der Waals surface area (Å²) in [6.45, 7) is 4.53. The SMILES string of the molecule is Cc1ccccc1C(/C=C/CN1CCCC(C(=O)O)C1)c1cccnc1. The maximum atomic E-state index is 11.2. The number of hydrogen-bond acceptors (Lipinski definition) is 3. The van der Waals surface area contributed by atoms with Crippen molar-refractivity contribution in [2.45, 2.75) is 25.7 Å². The van der Waals surface area contributed by atoms with Gasteiger partial charge in [-0.1, -0.05) is 42.5 Å². The van der Waals surface area contributed by atoms with Gasteiger partial charge < -0.3 is 5.11 Å². The van der Waals surface area contributed by atoms with Gasteiger partial charge in [0.25, 0.3) is 0 Å². The predicted octanol–water partition coefficient (Wildman–Crippen LogP) is 3.87. The lowest BCUT2D eigenvalue weighted by molar-refractivity contribution is -0.143. The monoisotopic (exact) mass is 350 g/mol. The fraction of sp³-hybridized carbons (Fsp3) is 0.364. The fourth-order valence-electron chi connectivity index (χ4n) is 3.66. The lowest BCUT2D eigenvalue weighted by Gasteiger charge is -2.29. The van der Waals surface area contributed by atoms with Gasteiger partial charge in [0.1, 0.15) is 0 Å². The average Bonchev–Trinajstić information content (AvgIpc) is 2.67. The topological polar surface area (TPSA) is 53.4 Å². The Morgan fingerprint density at radius 2 is 2.19 bits per heavy atom. The number of carboxylic acids is 1. The first kappa shape index (κ1) is 18.3. The number of aliphatic carboxylic acids is 1. The van der Waals surface area contributed by atoms with Gasteiger partial charge in [0, 0.05) is 31.4 Å². The number of nitrogens with zero attached hydrogens (tertiary/aromatic N) is 2. The second-order valence-corrected chi connectivity index (χ2v) is 6.99. The summed E-state index contributed by atoms with van der Waals surface area (Å²) in [7, 11) is 0. The molecule has 0 saturated carbocycles. The Morgan fingerprint density at radius 1 is 1.35 bits per heavy atom. The number of piperidine rings is 1. The van der Waals surface area contributed by atoms with Gasteiger partial charge in [-0.15, -0.1) is 0 Å². The Labute approximate surface area is 155 Å². The smallest absolute Gasteiger partial charge is 0.307 e. The molecular formula is C22H26N2O2. The number of aromatic nitrogens is 1. The molecule has 1 saturated heterocycles. The van der Waals surface area contributed by atoms with Crippen LogP contribution >= 0.6 is 0 Å². The highest BCUT2D eigenvalue weighted by atomic mass is 16.4. The summed E-state index contributed by atoms with van der Waals surface area (Å²) in [6, 6.07) is 12.5. The summed E-state index contributed by atoms with van der Waals surface area (Å²) in [4.78, 5) is 17.7. The summed E-state index contributed by atoms with van der Waals surface area (Å²) >= 11 is 0. The molecule has 1 fully saturated rings. The summed E-state index contributed by atoms with van der Waals surface area (Å²) in [5.74, 6) is -0.751. The van der Waals surface area contributed by atoms with Crippen molar-refractivity contribution < 1.29 is 9.90 Å². The quantitative estimate of drug-likeness (QED) is 0.804. The first-order valence-electron chi connectivity index (χ1n) is 9.22. The van der Waals surface area contributed by atoms with Crippen LogP contribution in [0.5, 0.6) is 0 Å². The zero-order valence-corrected chi connectivity index (χ0v) is 15.2.